The summed E-state index contributed by atoms with van der Waals surface area (Å²) in [5.41, 5.74) is 1.41. The highest BCUT2D eigenvalue weighted by atomic mass is 35.8. The summed E-state index contributed by atoms with van der Waals surface area (Å²) in [5, 5.41) is 0. The van der Waals surface area contributed by atoms with Crippen LogP contribution in [0.2, 0.25) is 6.04 Å². The van der Waals surface area contributed by atoms with E-state index >= 15 is 0 Å². The third kappa shape index (κ3) is 12.2. The average Bonchev–Trinajstić information content (AvgIpc) is 2.52. The van der Waals surface area contributed by atoms with Gasteiger partial charge in [0.25, 0.3) is 0 Å². The molecule has 1 aromatic carbocycles. The number of rotatable bonds is 13. The summed E-state index contributed by atoms with van der Waals surface area (Å²) in [6.45, 7) is 0. The van der Waals surface area contributed by atoms with E-state index in [4.69, 9.17) is 38.0 Å². The molecule has 0 amide bonds. The molecule has 132 valence electrons. The first-order chi connectivity index (χ1) is 11.0. The lowest BCUT2D eigenvalue weighted by Gasteiger charge is -2.07. The molecule has 1 aromatic rings. The van der Waals surface area contributed by atoms with E-state index in [2.05, 4.69) is 12.1 Å². The van der Waals surface area contributed by atoms with Gasteiger partial charge in [-0.1, -0.05) is 63.5 Å². The fraction of sp³-hybridized carbons (Fsp3) is 0.667. The Bertz CT molecular complexity index is 404. The fourth-order valence-corrected chi connectivity index (χ4v) is 4.54. The molecule has 0 aliphatic rings. The quantitative estimate of drug-likeness (QED) is 0.192. The van der Waals surface area contributed by atoms with Crippen LogP contribution in [0.25, 0.3) is 0 Å². The van der Waals surface area contributed by atoms with Crippen molar-refractivity contribution in [3.63, 3.8) is 0 Å². The van der Waals surface area contributed by atoms with Crippen molar-refractivity contribution in [1.82, 2.24) is 0 Å². The first-order valence-corrected chi connectivity index (χ1v) is 14.0. The van der Waals surface area contributed by atoms with E-state index in [0.717, 1.165) is 18.2 Å². The Morgan fingerprint density at radius 3 is 1.70 bits per heavy atom. The second kappa shape index (κ2) is 12.5. The van der Waals surface area contributed by atoms with E-state index in [1.807, 2.05) is 12.1 Å². The van der Waals surface area contributed by atoms with Gasteiger partial charge in [0.2, 0.25) is 0 Å². The molecule has 0 atom stereocenters. The van der Waals surface area contributed by atoms with Crippen LogP contribution in [0.5, 0.6) is 5.75 Å². The molecule has 0 aliphatic carbocycles. The average molecular weight is 396 g/mol. The molecule has 0 aromatic heterocycles. The lowest BCUT2D eigenvalue weighted by atomic mass is 10.0. The van der Waals surface area contributed by atoms with Crippen molar-refractivity contribution in [1.29, 1.82) is 0 Å². The lowest BCUT2D eigenvalue weighted by Crippen LogP contribution is -2.07. The normalized spacial score (nSPS) is 11.7. The Kier molecular flexibility index (Phi) is 11.5. The van der Waals surface area contributed by atoms with Gasteiger partial charge in [0.15, 0.2) is 0 Å². The molecule has 0 N–H and O–H groups in total. The lowest BCUT2D eigenvalue weighted by molar-refractivity contribution is 0.414. The molecule has 0 unspecified atom stereocenters. The van der Waals surface area contributed by atoms with Crippen molar-refractivity contribution in [2.75, 3.05) is 7.11 Å². The highest BCUT2D eigenvalue weighted by Gasteiger charge is 2.23. The molecule has 1 rings (SSSR count). The Balaban J connectivity index is 1.88. The number of ether oxygens (including phenoxy) is 1. The van der Waals surface area contributed by atoms with Gasteiger partial charge >= 0.3 is 6.00 Å². The smallest absolute Gasteiger partial charge is 0.341 e. The van der Waals surface area contributed by atoms with Gasteiger partial charge in [-0.05, 0) is 36.6 Å². The number of benzene rings is 1. The van der Waals surface area contributed by atoms with E-state index < -0.39 is 6.00 Å². The van der Waals surface area contributed by atoms with Crippen LogP contribution >= 0.6 is 33.2 Å². The topological polar surface area (TPSA) is 9.23 Å². The number of hydrogen-bond acceptors (Lipinski definition) is 1. The van der Waals surface area contributed by atoms with Gasteiger partial charge in [0, 0.05) is 0 Å². The molecule has 0 radical (unpaired) electrons. The van der Waals surface area contributed by atoms with Gasteiger partial charge in [0.05, 0.1) is 7.11 Å². The number of unbranched alkanes of at least 4 members (excludes halogenated alkanes) is 8. The van der Waals surface area contributed by atoms with Crippen molar-refractivity contribution in [3.05, 3.63) is 29.8 Å². The second-order valence-electron chi connectivity index (χ2n) is 6.15. The van der Waals surface area contributed by atoms with Crippen LogP contribution in [-0.2, 0) is 6.42 Å². The fourth-order valence-electron chi connectivity index (χ4n) is 2.68. The van der Waals surface area contributed by atoms with Crippen LogP contribution in [0.4, 0.5) is 0 Å². The monoisotopic (exact) mass is 394 g/mol. The van der Waals surface area contributed by atoms with Crippen molar-refractivity contribution >= 4 is 39.2 Å². The second-order valence-corrected chi connectivity index (χ2v) is 15.4. The number of hydrogen-bond donors (Lipinski definition) is 0. The van der Waals surface area contributed by atoms with Crippen molar-refractivity contribution in [2.45, 2.75) is 70.3 Å². The summed E-state index contributed by atoms with van der Waals surface area (Å²) >= 11 is 17.6. The number of aryl methyl sites for hydroxylation is 1. The van der Waals surface area contributed by atoms with E-state index in [-0.39, 0.29) is 0 Å². The van der Waals surface area contributed by atoms with Gasteiger partial charge in [-0.2, -0.15) is 0 Å². The minimum absolute atomic E-state index is 0.809. The van der Waals surface area contributed by atoms with Gasteiger partial charge in [-0.25, -0.2) is 0 Å². The Morgan fingerprint density at radius 2 is 1.22 bits per heavy atom. The molecule has 0 saturated carbocycles. The molecule has 0 saturated heterocycles. The highest BCUT2D eigenvalue weighted by Crippen LogP contribution is 2.27. The van der Waals surface area contributed by atoms with E-state index in [1.54, 1.807) is 7.11 Å². The third-order valence-electron chi connectivity index (χ3n) is 4.08. The van der Waals surface area contributed by atoms with Crippen LogP contribution in [0, 0.1) is 0 Å². The van der Waals surface area contributed by atoms with Crippen LogP contribution < -0.4 is 4.74 Å². The molecule has 0 spiro atoms. The zero-order chi connectivity index (χ0) is 17.0. The maximum absolute atomic E-state index is 5.87. The summed E-state index contributed by atoms with van der Waals surface area (Å²) < 4.78 is 5.17. The number of halogens is 3. The summed E-state index contributed by atoms with van der Waals surface area (Å²) in [5.74, 6) is 0.935. The van der Waals surface area contributed by atoms with Crippen molar-refractivity contribution in [3.8, 4) is 5.75 Å². The molecule has 0 heterocycles. The minimum atomic E-state index is -2.37. The molecular weight excluding hydrogens is 367 g/mol. The van der Waals surface area contributed by atoms with E-state index in [1.165, 1.54) is 63.4 Å². The molecular formula is C18H29Cl3OSi. The Hall–Kier alpha value is 0.107. The van der Waals surface area contributed by atoms with Crippen molar-refractivity contribution < 1.29 is 4.74 Å². The summed E-state index contributed by atoms with van der Waals surface area (Å²) in [6, 6.07) is 6.85. The predicted octanol–water partition coefficient (Wildman–Crippen LogP) is 7.40. The third-order valence-corrected chi connectivity index (χ3v) is 6.71. The summed E-state index contributed by atoms with van der Waals surface area (Å²) in [6.07, 6.45) is 12.7. The molecule has 0 fully saturated rings. The zero-order valence-corrected chi connectivity index (χ0v) is 17.4. The van der Waals surface area contributed by atoms with E-state index in [0.29, 0.717) is 0 Å². The van der Waals surface area contributed by atoms with Gasteiger partial charge < -0.3 is 4.74 Å². The molecule has 5 heteroatoms. The Morgan fingerprint density at radius 1 is 0.739 bits per heavy atom. The molecule has 23 heavy (non-hydrogen) atoms. The van der Waals surface area contributed by atoms with Crippen LogP contribution in [0.3, 0.4) is 0 Å². The SMILES string of the molecule is COc1ccc(CCCCCCCCCCC[Si](Cl)(Cl)Cl)cc1. The van der Waals surface area contributed by atoms with Crippen LogP contribution in [-0.4, -0.2) is 13.1 Å². The zero-order valence-electron chi connectivity index (χ0n) is 14.1. The summed E-state index contributed by atoms with van der Waals surface area (Å²) in [7, 11) is 1.71. The maximum Gasteiger partial charge on any atom is 0.341 e. The maximum atomic E-state index is 5.87. The number of methoxy groups -OCH3 is 1. The standard InChI is InChI=1S/C18H29Cl3OSi/c1-22-18-14-12-17(13-15-18)11-9-7-5-3-2-4-6-8-10-16-23(19,20)21/h12-15H,2-11,16H2,1H3. The summed E-state index contributed by atoms with van der Waals surface area (Å²) in [4.78, 5) is 0. The van der Waals surface area contributed by atoms with Gasteiger partial charge in [0.1, 0.15) is 5.75 Å². The largest absolute Gasteiger partial charge is 0.497 e. The molecule has 0 aliphatic heterocycles. The molecule has 1 nitrogen and oxygen atoms in total. The van der Waals surface area contributed by atoms with E-state index in [9.17, 15) is 0 Å². The Labute approximate surface area is 156 Å². The molecule has 0 bridgehead atoms. The van der Waals surface area contributed by atoms with Gasteiger partial charge in [-0.3, -0.25) is 0 Å². The minimum Gasteiger partial charge on any atom is -0.497 e. The van der Waals surface area contributed by atoms with Gasteiger partial charge in [-0.15, -0.1) is 33.2 Å². The predicted molar refractivity (Wildman–Crippen MR) is 106 cm³/mol. The first kappa shape index (κ1) is 21.2. The van der Waals surface area contributed by atoms with Crippen LogP contribution in [0.15, 0.2) is 24.3 Å². The van der Waals surface area contributed by atoms with Crippen molar-refractivity contribution in [2.24, 2.45) is 0 Å². The first-order valence-electron chi connectivity index (χ1n) is 8.71. The highest BCUT2D eigenvalue weighted by molar-refractivity contribution is 7.64. The van der Waals surface area contributed by atoms with Crippen LogP contribution in [0.1, 0.15) is 63.4 Å².